The molecule has 3 amide bonds. The number of hydrogen-bond acceptors (Lipinski definition) is 5. The SMILES string of the molecule is CCC(C)C(NC(=O)CNC(=O)CN)C(=O)NC(C(C)=O)[C@@H](C)CC. The number of ketones is 1. The molecule has 0 fully saturated rings. The lowest BCUT2D eigenvalue weighted by Crippen LogP contribution is -2.56. The van der Waals surface area contributed by atoms with Gasteiger partial charge in [0.25, 0.3) is 0 Å². The van der Waals surface area contributed by atoms with Crippen LogP contribution in [-0.4, -0.2) is 48.7 Å². The minimum Gasteiger partial charge on any atom is -0.346 e. The van der Waals surface area contributed by atoms with Crippen LogP contribution in [-0.2, 0) is 19.2 Å². The lowest BCUT2D eigenvalue weighted by Gasteiger charge is -2.28. The van der Waals surface area contributed by atoms with E-state index in [4.69, 9.17) is 5.73 Å². The molecule has 3 unspecified atom stereocenters. The standard InChI is InChI=1S/C17H32N4O4/c1-6-10(3)15(12(5)22)21-17(25)16(11(4)7-2)20-14(24)9-19-13(23)8-18/h10-11,15-16H,6-9,18H2,1-5H3,(H,19,23)(H,20,24)(H,21,25)/t10-,11?,15?,16?/m0/s1. The molecule has 0 bridgehead atoms. The summed E-state index contributed by atoms with van der Waals surface area (Å²) < 4.78 is 0. The summed E-state index contributed by atoms with van der Waals surface area (Å²) in [6, 6.07) is -1.36. The van der Waals surface area contributed by atoms with Gasteiger partial charge in [-0.15, -0.1) is 0 Å². The smallest absolute Gasteiger partial charge is 0.243 e. The second-order valence-electron chi connectivity index (χ2n) is 6.39. The van der Waals surface area contributed by atoms with Crippen LogP contribution in [0.25, 0.3) is 0 Å². The van der Waals surface area contributed by atoms with Gasteiger partial charge in [-0.25, -0.2) is 0 Å². The topological polar surface area (TPSA) is 130 Å². The molecule has 0 radical (unpaired) electrons. The van der Waals surface area contributed by atoms with Crippen LogP contribution in [0.3, 0.4) is 0 Å². The highest BCUT2D eigenvalue weighted by molar-refractivity contribution is 5.93. The van der Waals surface area contributed by atoms with Gasteiger partial charge in [0, 0.05) is 0 Å². The number of carbonyl (C=O) groups excluding carboxylic acids is 4. The van der Waals surface area contributed by atoms with Crippen molar-refractivity contribution in [2.24, 2.45) is 17.6 Å². The number of amides is 3. The minimum atomic E-state index is -0.779. The van der Waals surface area contributed by atoms with E-state index in [1.54, 1.807) is 0 Å². The van der Waals surface area contributed by atoms with Crippen molar-refractivity contribution >= 4 is 23.5 Å². The van der Waals surface area contributed by atoms with Crippen LogP contribution in [0, 0.1) is 11.8 Å². The summed E-state index contributed by atoms with van der Waals surface area (Å²) in [7, 11) is 0. The van der Waals surface area contributed by atoms with E-state index in [1.165, 1.54) is 6.92 Å². The molecule has 8 heteroatoms. The van der Waals surface area contributed by atoms with E-state index in [2.05, 4.69) is 16.0 Å². The van der Waals surface area contributed by atoms with Crippen LogP contribution in [0.4, 0.5) is 0 Å². The molecule has 0 rings (SSSR count). The average Bonchev–Trinajstić information content (AvgIpc) is 2.59. The summed E-state index contributed by atoms with van der Waals surface area (Å²) in [5.41, 5.74) is 5.16. The van der Waals surface area contributed by atoms with Crippen LogP contribution in [0.1, 0.15) is 47.5 Å². The van der Waals surface area contributed by atoms with Gasteiger partial charge >= 0.3 is 0 Å². The Balaban J connectivity index is 5.00. The van der Waals surface area contributed by atoms with Gasteiger partial charge in [0.05, 0.1) is 19.1 Å². The zero-order valence-corrected chi connectivity index (χ0v) is 15.8. The summed E-state index contributed by atoms with van der Waals surface area (Å²) in [5.74, 6) is -1.57. The molecule has 0 saturated heterocycles. The highest BCUT2D eigenvalue weighted by atomic mass is 16.2. The lowest BCUT2D eigenvalue weighted by atomic mass is 9.93. The van der Waals surface area contributed by atoms with Gasteiger partial charge in [0.15, 0.2) is 5.78 Å². The second-order valence-corrected chi connectivity index (χ2v) is 6.39. The van der Waals surface area contributed by atoms with E-state index in [0.717, 1.165) is 6.42 Å². The fraction of sp³-hybridized carbons (Fsp3) is 0.765. The van der Waals surface area contributed by atoms with Crippen molar-refractivity contribution in [3.63, 3.8) is 0 Å². The molecule has 0 heterocycles. The van der Waals surface area contributed by atoms with E-state index >= 15 is 0 Å². The van der Waals surface area contributed by atoms with Gasteiger partial charge < -0.3 is 21.7 Å². The summed E-state index contributed by atoms with van der Waals surface area (Å²) in [6.45, 7) is 8.57. The third-order valence-electron chi connectivity index (χ3n) is 4.39. The number of nitrogens with two attached hydrogens (primary N) is 1. The minimum absolute atomic E-state index is 0.00132. The first-order chi connectivity index (χ1) is 11.7. The second kappa shape index (κ2) is 11.6. The van der Waals surface area contributed by atoms with Crippen molar-refractivity contribution in [1.29, 1.82) is 0 Å². The first-order valence-electron chi connectivity index (χ1n) is 8.74. The molecule has 0 saturated carbocycles. The number of carbonyl (C=O) groups is 4. The summed E-state index contributed by atoms with van der Waals surface area (Å²) in [4.78, 5) is 47.6. The van der Waals surface area contributed by atoms with Crippen molar-refractivity contribution in [1.82, 2.24) is 16.0 Å². The molecule has 4 atom stereocenters. The predicted octanol–water partition coefficient (Wildman–Crippen LogP) is -0.288. The molecular formula is C17H32N4O4. The Morgan fingerprint density at radius 1 is 0.880 bits per heavy atom. The van der Waals surface area contributed by atoms with Crippen molar-refractivity contribution in [2.75, 3.05) is 13.1 Å². The zero-order chi connectivity index (χ0) is 19.6. The normalized spacial score (nSPS) is 15.4. The number of rotatable bonds is 11. The molecule has 8 nitrogen and oxygen atoms in total. The van der Waals surface area contributed by atoms with Crippen LogP contribution >= 0.6 is 0 Å². The maximum atomic E-state index is 12.6. The van der Waals surface area contributed by atoms with E-state index in [9.17, 15) is 19.2 Å². The van der Waals surface area contributed by atoms with E-state index in [-0.39, 0.29) is 30.7 Å². The van der Waals surface area contributed by atoms with Crippen molar-refractivity contribution in [3.8, 4) is 0 Å². The first-order valence-corrected chi connectivity index (χ1v) is 8.74. The Morgan fingerprint density at radius 3 is 1.84 bits per heavy atom. The monoisotopic (exact) mass is 356 g/mol. The highest BCUT2D eigenvalue weighted by Crippen LogP contribution is 2.12. The van der Waals surface area contributed by atoms with Crippen molar-refractivity contribution in [2.45, 2.75) is 59.5 Å². The van der Waals surface area contributed by atoms with E-state index < -0.39 is 29.8 Å². The molecule has 0 aliphatic carbocycles. The molecule has 0 spiro atoms. The fourth-order valence-corrected chi connectivity index (χ4v) is 2.30. The summed E-state index contributed by atoms with van der Waals surface area (Å²) >= 11 is 0. The van der Waals surface area contributed by atoms with Gasteiger partial charge in [0.1, 0.15) is 6.04 Å². The molecule has 5 N–H and O–H groups in total. The fourth-order valence-electron chi connectivity index (χ4n) is 2.30. The third kappa shape index (κ3) is 8.11. The van der Waals surface area contributed by atoms with Gasteiger partial charge in [-0.05, 0) is 18.8 Å². The van der Waals surface area contributed by atoms with Gasteiger partial charge in [0.2, 0.25) is 17.7 Å². The summed E-state index contributed by atoms with van der Waals surface area (Å²) in [6.07, 6.45) is 1.41. The predicted molar refractivity (Wildman–Crippen MR) is 95.5 cm³/mol. The Kier molecular flexibility index (Phi) is 10.7. The van der Waals surface area contributed by atoms with Crippen molar-refractivity contribution < 1.29 is 19.2 Å². The van der Waals surface area contributed by atoms with E-state index in [1.807, 2.05) is 27.7 Å². The maximum Gasteiger partial charge on any atom is 0.243 e. The molecule has 0 aliphatic rings. The molecule has 25 heavy (non-hydrogen) atoms. The Labute approximate surface area is 149 Å². The molecule has 0 aliphatic heterocycles. The Hall–Kier alpha value is -1.96. The lowest BCUT2D eigenvalue weighted by molar-refractivity contribution is -0.133. The maximum absolute atomic E-state index is 12.6. The number of nitrogens with one attached hydrogen (secondary N) is 3. The van der Waals surface area contributed by atoms with Gasteiger partial charge in [-0.3, -0.25) is 19.2 Å². The number of hydrogen-bond donors (Lipinski definition) is 4. The quantitative estimate of drug-likeness (QED) is 0.404. The first kappa shape index (κ1) is 23.0. The number of Topliss-reactive ketones (excluding diaryl/α,β-unsaturated/α-hetero) is 1. The molecule has 144 valence electrons. The van der Waals surface area contributed by atoms with Crippen LogP contribution in [0.15, 0.2) is 0 Å². The van der Waals surface area contributed by atoms with Gasteiger partial charge in [-0.1, -0.05) is 40.5 Å². The molecule has 0 aromatic rings. The Morgan fingerprint density at radius 2 is 1.40 bits per heavy atom. The van der Waals surface area contributed by atoms with Crippen LogP contribution in [0.5, 0.6) is 0 Å². The highest BCUT2D eigenvalue weighted by Gasteiger charge is 2.30. The average molecular weight is 356 g/mol. The zero-order valence-electron chi connectivity index (χ0n) is 15.8. The van der Waals surface area contributed by atoms with Crippen LogP contribution < -0.4 is 21.7 Å². The molecule has 0 aromatic carbocycles. The largest absolute Gasteiger partial charge is 0.346 e. The molecule has 0 aromatic heterocycles. The van der Waals surface area contributed by atoms with Crippen LogP contribution in [0.2, 0.25) is 0 Å². The summed E-state index contributed by atoms with van der Waals surface area (Å²) in [5, 5.41) is 7.74. The molecular weight excluding hydrogens is 324 g/mol. The Bertz CT molecular complexity index is 481. The van der Waals surface area contributed by atoms with Gasteiger partial charge in [-0.2, -0.15) is 0 Å². The van der Waals surface area contributed by atoms with Crippen molar-refractivity contribution in [3.05, 3.63) is 0 Å². The third-order valence-corrected chi connectivity index (χ3v) is 4.39. The van der Waals surface area contributed by atoms with E-state index in [0.29, 0.717) is 6.42 Å².